The number of hydrogen-bond donors (Lipinski definition) is 1. The molecule has 0 bridgehead atoms. The molecule has 1 atom stereocenters. The summed E-state index contributed by atoms with van der Waals surface area (Å²) in [6.45, 7) is 15.6. The molecule has 5 rings (SSSR count). The van der Waals surface area contributed by atoms with E-state index in [-0.39, 0.29) is 29.6 Å². The van der Waals surface area contributed by atoms with Crippen LogP contribution in [0.1, 0.15) is 103 Å². The van der Waals surface area contributed by atoms with Gasteiger partial charge in [0.1, 0.15) is 24.6 Å². The first kappa shape index (κ1) is 41.6. The molecule has 0 saturated carbocycles. The molecule has 296 valence electrons. The second kappa shape index (κ2) is 17.1. The molecular weight excluding hydrogens is 723 g/mol. The van der Waals surface area contributed by atoms with Crippen LogP contribution in [0, 0.1) is 0 Å². The van der Waals surface area contributed by atoms with E-state index in [1.807, 2.05) is 25.2 Å². The molecule has 0 radical (unpaired) electrons. The Labute approximate surface area is 324 Å². The summed E-state index contributed by atoms with van der Waals surface area (Å²) in [5, 5.41) is 1.66. The number of unbranched alkanes of at least 4 members (excludes halogenated alkanes) is 2. The standard InChI is InChI=1S/C42H53N3O9S/c1-8-43(9-2)29-17-19-32-33(41(3,4)5)27-30(53-36(32)26-29)14-13-15-37-42(6,23-25-52-7)34-28-31(55(49,50)51)18-20-35(34)44(37)24-12-10-11-16-40(48)54-45-38(46)21-22-39(45)47/h13-15,17-20,26-28H,8-12,16,21-25H2,1-7H3/p+1. The maximum absolute atomic E-state index is 12.4. The van der Waals surface area contributed by atoms with Crippen LogP contribution in [0.3, 0.4) is 0 Å². The molecule has 1 saturated heterocycles. The van der Waals surface area contributed by atoms with E-state index in [0.717, 1.165) is 52.3 Å². The molecule has 0 spiro atoms. The normalized spacial score (nSPS) is 18.3. The minimum absolute atomic E-state index is 0.0380. The maximum atomic E-state index is 12.4. The minimum Gasteiger partial charge on any atom is -0.456 e. The van der Waals surface area contributed by atoms with Gasteiger partial charge in [0.15, 0.2) is 0 Å². The molecule has 1 N–H and O–H groups in total. The zero-order valence-electron chi connectivity index (χ0n) is 33.0. The number of benzene rings is 2. The molecule has 0 aromatic heterocycles. The van der Waals surface area contributed by atoms with Crippen molar-refractivity contribution < 1.29 is 41.3 Å². The Morgan fingerprint density at radius 3 is 2.36 bits per heavy atom. The summed E-state index contributed by atoms with van der Waals surface area (Å²) in [7, 11) is -2.85. The van der Waals surface area contributed by atoms with Crippen LogP contribution in [0.2, 0.25) is 0 Å². The topological polar surface area (TPSA) is 147 Å². The number of nitrogens with zero attached hydrogens (tertiary/aromatic N) is 3. The summed E-state index contributed by atoms with van der Waals surface area (Å²) >= 11 is 0. The van der Waals surface area contributed by atoms with Gasteiger partial charge in [-0.15, -0.1) is 5.06 Å². The molecular formula is C42H54N3O9S+. The molecule has 1 fully saturated rings. The molecule has 55 heavy (non-hydrogen) atoms. The highest BCUT2D eigenvalue weighted by atomic mass is 32.2. The van der Waals surface area contributed by atoms with Crippen LogP contribution in [0.4, 0.5) is 5.69 Å². The van der Waals surface area contributed by atoms with Gasteiger partial charge in [-0.1, -0.05) is 33.3 Å². The van der Waals surface area contributed by atoms with Crippen molar-refractivity contribution in [1.82, 2.24) is 9.64 Å². The van der Waals surface area contributed by atoms with Gasteiger partial charge in [0, 0.05) is 68.0 Å². The van der Waals surface area contributed by atoms with Crippen molar-refractivity contribution in [3.8, 4) is 11.3 Å². The lowest BCUT2D eigenvalue weighted by atomic mass is 9.78. The SMILES string of the molecule is CC[N+](CC)=c1ccc2c(C(C)(C)C)cc(/C=C/C=C3/N(CCCCCC(=O)ON4C(=O)CCC4=O)c4ccc(S(=O)(=O)O)cc4C3(C)CCOC)oc-2c1. The van der Waals surface area contributed by atoms with E-state index < -0.39 is 33.3 Å². The molecule has 1 unspecified atom stereocenters. The van der Waals surface area contributed by atoms with Gasteiger partial charge >= 0.3 is 5.97 Å². The highest BCUT2D eigenvalue weighted by molar-refractivity contribution is 7.85. The quantitative estimate of drug-likeness (QED) is 0.0774. The van der Waals surface area contributed by atoms with Crippen LogP contribution in [-0.2, 0) is 44.9 Å². The lowest BCUT2D eigenvalue weighted by molar-refractivity contribution is -0.197. The first-order chi connectivity index (χ1) is 26.0. The average Bonchev–Trinajstić information content (AvgIpc) is 3.57. The van der Waals surface area contributed by atoms with Gasteiger partial charge in [-0.25, -0.2) is 9.37 Å². The van der Waals surface area contributed by atoms with Gasteiger partial charge < -0.3 is 18.9 Å². The Morgan fingerprint density at radius 2 is 1.73 bits per heavy atom. The fraction of sp³-hybridized carbons (Fsp3) is 0.476. The van der Waals surface area contributed by atoms with Crippen LogP contribution in [0.15, 0.2) is 69.6 Å². The molecule has 1 aliphatic carbocycles. The van der Waals surface area contributed by atoms with Gasteiger partial charge in [0.05, 0.1) is 11.0 Å². The molecule has 1 aromatic carbocycles. The molecule has 2 amide bonds. The highest BCUT2D eigenvalue weighted by Gasteiger charge is 2.43. The Bertz CT molecular complexity index is 2120. The predicted molar refractivity (Wildman–Crippen MR) is 211 cm³/mol. The summed E-state index contributed by atoms with van der Waals surface area (Å²) in [4.78, 5) is 43.0. The van der Waals surface area contributed by atoms with Crippen molar-refractivity contribution in [2.24, 2.45) is 0 Å². The number of methoxy groups -OCH3 is 1. The second-order valence-corrected chi connectivity index (χ2v) is 16.7. The first-order valence-corrected chi connectivity index (χ1v) is 20.5. The lowest BCUT2D eigenvalue weighted by Crippen LogP contribution is -2.32. The number of amides is 2. The summed E-state index contributed by atoms with van der Waals surface area (Å²) in [6.07, 6.45) is 8.35. The molecule has 3 heterocycles. The average molecular weight is 777 g/mol. The number of carbonyl (C=O) groups excluding carboxylic acids is 3. The Hall–Kier alpha value is -4.59. The third-order valence-electron chi connectivity index (χ3n) is 10.5. The molecule has 4 aliphatic rings. The minimum atomic E-state index is -4.47. The van der Waals surface area contributed by atoms with E-state index in [9.17, 15) is 27.4 Å². The van der Waals surface area contributed by atoms with Gasteiger partial charge in [-0.2, -0.15) is 8.42 Å². The molecule has 1 aromatic rings. The van der Waals surface area contributed by atoms with Gasteiger partial charge in [0.2, 0.25) is 5.36 Å². The summed E-state index contributed by atoms with van der Waals surface area (Å²) in [5.41, 5.74) is 3.85. The summed E-state index contributed by atoms with van der Waals surface area (Å²) in [5.74, 6) is -0.180. The molecule has 13 heteroatoms. The number of hydrogen-bond acceptors (Lipinski definition) is 9. The van der Waals surface area contributed by atoms with Crippen LogP contribution in [-0.4, -0.2) is 69.2 Å². The third-order valence-corrected chi connectivity index (χ3v) is 11.3. The smallest absolute Gasteiger partial charge is 0.333 e. The maximum Gasteiger partial charge on any atom is 0.333 e. The number of rotatable bonds is 15. The molecule has 3 aliphatic heterocycles. The Balaban J connectivity index is 1.48. The number of anilines is 1. The zero-order valence-corrected chi connectivity index (χ0v) is 33.8. The van der Waals surface area contributed by atoms with Crippen molar-refractivity contribution in [2.75, 3.05) is 38.3 Å². The van der Waals surface area contributed by atoms with Crippen LogP contribution < -0.4 is 14.8 Å². The van der Waals surface area contributed by atoms with E-state index in [2.05, 4.69) is 68.4 Å². The summed E-state index contributed by atoms with van der Waals surface area (Å²) < 4.78 is 48.9. The van der Waals surface area contributed by atoms with Crippen molar-refractivity contribution in [3.05, 3.63) is 82.6 Å². The van der Waals surface area contributed by atoms with Crippen molar-refractivity contribution in [3.63, 3.8) is 0 Å². The van der Waals surface area contributed by atoms with Gasteiger partial charge in [-0.05, 0) is 99.1 Å². The monoisotopic (exact) mass is 776 g/mol. The largest absolute Gasteiger partial charge is 0.456 e. The summed E-state index contributed by atoms with van der Waals surface area (Å²) in [6, 6.07) is 13.1. The van der Waals surface area contributed by atoms with Crippen LogP contribution >= 0.6 is 0 Å². The van der Waals surface area contributed by atoms with E-state index in [1.54, 1.807) is 13.2 Å². The number of allylic oxidation sites excluding steroid dienone is 3. The van der Waals surface area contributed by atoms with E-state index >= 15 is 0 Å². The van der Waals surface area contributed by atoms with E-state index in [0.29, 0.717) is 49.7 Å². The van der Waals surface area contributed by atoms with Crippen LogP contribution in [0.25, 0.3) is 17.4 Å². The van der Waals surface area contributed by atoms with Gasteiger partial charge in [-0.3, -0.25) is 14.1 Å². The van der Waals surface area contributed by atoms with E-state index in [1.165, 1.54) is 12.1 Å². The number of fused-ring (bicyclic) bond motifs is 2. The lowest BCUT2D eigenvalue weighted by Gasteiger charge is -2.30. The van der Waals surface area contributed by atoms with Gasteiger partial charge in [0.25, 0.3) is 21.9 Å². The number of imide groups is 1. The first-order valence-electron chi connectivity index (χ1n) is 19.0. The number of ether oxygens (including phenoxy) is 1. The zero-order chi connectivity index (χ0) is 40.1. The Morgan fingerprint density at radius 1 is 1.02 bits per heavy atom. The number of carbonyl (C=O) groups is 3. The Kier molecular flexibility index (Phi) is 12.9. The van der Waals surface area contributed by atoms with Crippen molar-refractivity contribution in [1.29, 1.82) is 0 Å². The predicted octanol–water partition coefficient (Wildman–Crippen LogP) is 6.62. The van der Waals surface area contributed by atoms with Crippen molar-refractivity contribution in [2.45, 2.75) is 102 Å². The molecule has 12 nitrogen and oxygen atoms in total. The van der Waals surface area contributed by atoms with Crippen molar-refractivity contribution >= 4 is 39.7 Å². The second-order valence-electron chi connectivity index (χ2n) is 15.3. The number of hydroxylamine groups is 2. The van der Waals surface area contributed by atoms with Crippen LogP contribution in [0.5, 0.6) is 0 Å². The third kappa shape index (κ3) is 9.28. The fourth-order valence-electron chi connectivity index (χ4n) is 7.44. The highest BCUT2D eigenvalue weighted by Crippen LogP contribution is 2.51. The fourth-order valence-corrected chi connectivity index (χ4v) is 7.95. The van der Waals surface area contributed by atoms with E-state index in [4.69, 9.17) is 14.0 Å².